The second-order valence-corrected chi connectivity index (χ2v) is 20.6. The van der Waals surface area contributed by atoms with Crippen molar-refractivity contribution in [3.63, 3.8) is 0 Å². The van der Waals surface area contributed by atoms with Gasteiger partial charge in [-0.25, -0.2) is 9.79 Å². The number of rotatable bonds is 7. The molecule has 4 atom stereocenters. The summed E-state index contributed by atoms with van der Waals surface area (Å²) in [5.74, 6) is -4.50. The SMILES string of the molecule is C=C1N[C@H]2[C@H](CO[Si](c3ccccc3)(c3ccccc3)C(C)(C)C)N=C(NC(=O)C(Cl)(Cl)Cl)N3CC(OC(=O)c4ccc(C)cc4)C(O)(O)C23N1. The van der Waals surface area contributed by atoms with Crippen molar-refractivity contribution in [1.82, 2.24) is 20.9 Å². The molecule has 3 aliphatic heterocycles. The molecule has 3 heterocycles. The van der Waals surface area contributed by atoms with E-state index in [0.29, 0.717) is 0 Å². The minimum atomic E-state index is -3.13. The van der Waals surface area contributed by atoms with E-state index < -0.39 is 58.7 Å². The number of esters is 1. The fourth-order valence-electron chi connectivity index (χ4n) is 7.39. The van der Waals surface area contributed by atoms with Crippen molar-refractivity contribution in [2.75, 3.05) is 13.2 Å². The highest BCUT2D eigenvalue weighted by Crippen LogP contribution is 2.47. The summed E-state index contributed by atoms with van der Waals surface area (Å²) in [6.07, 6.45) is -1.54. The first kappa shape index (κ1) is 37.1. The number of hydrogen-bond donors (Lipinski definition) is 5. The van der Waals surface area contributed by atoms with Gasteiger partial charge in [0.25, 0.3) is 18.0 Å². The van der Waals surface area contributed by atoms with Crippen molar-refractivity contribution in [2.24, 2.45) is 4.99 Å². The average Bonchev–Trinajstić information content (AvgIpc) is 3.54. The molecule has 0 aromatic heterocycles. The van der Waals surface area contributed by atoms with E-state index in [1.807, 2.05) is 43.3 Å². The number of aryl methyl sites for hydroxylation is 1. The molecule has 0 bridgehead atoms. The lowest BCUT2D eigenvalue weighted by atomic mass is 9.86. The van der Waals surface area contributed by atoms with Crippen LogP contribution in [0.4, 0.5) is 0 Å². The van der Waals surface area contributed by atoms with Crippen molar-refractivity contribution in [3.05, 3.63) is 108 Å². The van der Waals surface area contributed by atoms with E-state index in [9.17, 15) is 19.8 Å². The zero-order valence-electron chi connectivity index (χ0n) is 28.5. The van der Waals surface area contributed by atoms with Crippen LogP contribution in [0, 0.1) is 6.92 Å². The monoisotopic (exact) mass is 771 g/mol. The molecule has 11 nitrogen and oxygen atoms in total. The third-order valence-corrected chi connectivity index (χ3v) is 15.3. The summed E-state index contributed by atoms with van der Waals surface area (Å²) >= 11 is 17.9. The Morgan fingerprint density at radius 3 is 2.10 bits per heavy atom. The summed E-state index contributed by atoms with van der Waals surface area (Å²) in [7, 11) is -3.13. The topological polar surface area (TPSA) is 145 Å². The van der Waals surface area contributed by atoms with Gasteiger partial charge < -0.3 is 34.9 Å². The minimum Gasteiger partial charge on any atom is -0.451 e. The highest BCUT2D eigenvalue weighted by Gasteiger charge is 2.75. The van der Waals surface area contributed by atoms with E-state index >= 15 is 0 Å². The zero-order chi connectivity index (χ0) is 37.0. The molecule has 5 N–H and O–H groups in total. The van der Waals surface area contributed by atoms with Gasteiger partial charge in [0.2, 0.25) is 11.7 Å². The molecule has 2 saturated heterocycles. The molecule has 6 rings (SSSR count). The van der Waals surface area contributed by atoms with Gasteiger partial charge in [-0.05, 0) is 34.5 Å². The first-order valence-corrected chi connectivity index (χ1v) is 19.4. The Bertz CT molecular complexity index is 1800. The fourth-order valence-corrected chi connectivity index (χ4v) is 12.1. The van der Waals surface area contributed by atoms with Crippen LogP contribution in [0.2, 0.25) is 5.04 Å². The number of carbonyl (C=O) groups excluding carboxylic acids is 2. The molecule has 51 heavy (non-hydrogen) atoms. The van der Waals surface area contributed by atoms with Crippen molar-refractivity contribution in [1.29, 1.82) is 0 Å². The summed E-state index contributed by atoms with van der Waals surface area (Å²) in [4.78, 5) is 32.7. The van der Waals surface area contributed by atoms with Crippen LogP contribution in [-0.4, -0.2) is 87.8 Å². The number of aliphatic hydroxyl groups is 2. The van der Waals surface area contributed by atoms with Gasteiger partial charge in [0.05, 0.1) is 30.6 Å². The molecule has 0 radical (unpaired) electrons. The van der Waals surface area contributed by atoms with Crippen molar-refractivity contribution < 1.29 is 29.0 Å². The van der Waals surface area contributed by atoms with Crippen LogP contribution in [0.1, 0.15) is 36.7 Å². The standard InChI is InChI=1S/C36H40Cl3N5O6Si/c1-22-16-18-24(19-17-22)30(45)50-28-20-44-32(42-31(46)36(37,38)39)41-27(29-34(44,35(28,47)48)43-23(2)40-29)21-49-51(33(3,4)5,25-12-8-6-9-13-25)26-14-10-7-11-15-26/h6-19,27-29,40,43,47-48H,2,20-21H2,1,3-5H3,(H,41,42,46)/t27-,28?,29-,34?/m0/s1. The van der Waals surface area contributed by atoms with Gasteiger partial charge in [-0.1, -0.05) is 141 Å². The van der Waals surface area contributed by atoms with Crippen LogP contribution in [0.15, 0.2) is 102 Å². The van der Waals surface area contributed by atoms with Gasteiger partial charge in [-0.2, -0.15) is 0 Å². The van der Waals surface area contributed by atoms with E-state index in [-0.39, 0.29) is 30.5 Å². The molecule has 2 fully saturated rings. The Kier molecular flexibility index (Phi) is 9.77. The van der Waals surface area contributed by atoms with E-state index in [2.05, 4.69) is 67.6 Å². The van der Waals surface area contributed by atoms with Gasteiger partial charge in [-0.15, -0.1) is 0 Å². The van der Waals surface area contributed by atoms with Crippen molar-refractivity contribution >= 4 is 71.3 Å². The first-order chi connectivity index (χ1) is 23.9. The van der Waals surface area contributed by atoms with Crippen LogP contribution in [-0.2, 0) is 14.0 Å². The number of hydrogen-bond acceptors (Lipinski definition) is 10. The lowest BCUT2D eigenvalue weighted by molar-refractivity contribution is -0.257. The molecular weight excluding hydrogens is 733 g/mol. The fraction of sp³-hybridized carbons (Fsp3) is 0.361. The number of amides is 1. The second-order valence-electron chi connectivity index (χ2n) is 14.0. The van der Waals surface area contributed by atoms with Gasteiger partial charge in [0.15, 0.2) is 11.8 Å². The number of nitrogens with one attached hydrogen (secondary N) is 3. The van der Waals surface area contributed by atoms with Crippen LogP contribution >= 0.6 is 34.8 Å². The first-order valence-electron chi connectivity index (χ1n) is 16.4. The number of halogens is 3. The Morgan fingerprint density at radius 2 is 1.57 bits per heavy atom. The summed E-state index contributed by atoms with van der Waals surface area (Å²) in [6.45, 7) is 11.9. The highest BCUT2D eigenvalue weighted by molar-refractivity contribution is 6.99. The quantitative estimate of drug-likeness (QED) is 0.106. The number of aliphatic imine (C=N–C) groups is 1. The Hall–Kier alpha value is -3.62. The number of benzene rings is 3. The minimum absolute atomic E-state index is 0.0491. The Labute approximate surface area is 312 Å². The average molecular weight is 773 g/mol. The zero-order valence-corrected chi connectivity index (χ0v) is 31.8. The third kappa shape index (κ3) is 6.41. The number of nitrogens with zero attached hydrogens (tertiary/aromatic N) is 2. The molecular formula is C36H40Cl3N5O6Si. The number of ether oxygens (including phenoxy) is 1. The van der Waals surface area contributed by atoms with E-state index in [0.717, 1.165) is 15.9 Å². The molecule has 1 spiro atoms. The van der Waals surface area contributed by atoms with Crippen LogP contribution in [0.25, 0.3) is 0 Å². The molecule has 3 aliphatic rings. The summed E-state index contributed by atoms with van der Waals surface area (Å²) < 4.78 is 10.6. The number of guanidine groups is 1. The van der Waals surface area contributed by atoms with Crippen LogP contribution < -0.4 is 26.3 Å². The summed E-state index contributed by atoms with van der Waals surface area (Å²) in [6, 6.07) is 24.8. The predicted octanol–water partition coefficient (Wildman–Crippen LogP) is 3.05. The molecule has 1 amide bonds. The van der Waals surface area contributed by atoms with E-state index in [4.69, 9.17) is 49.0 Å². The van der Waals surface area contributed by atoms with E-state index in [1.54, 1.807) is 24.3 Å². The molecule has 3 aromatic rings. The molecule has 15 heteroatoms. The lowest BCUT2D eigenvalue weighted by Gasteiger charge is -2.50. The molecule has 3 aromatic carbocycles. The summed E-state index contributed by atoms with van der Waals surface area (Å²) in [5.41, 5.74) is -0.742. The van der Waals surface area contributed by atoms with Gasteiger partial charge >= 0.3 is 5.97 Å². The number of carbonyl (C=O) groups is 2. The molecule has 0 saturated carbocycles. The molecule has 0 aliphatic carbocycles. The molecule has 2 unspecified atom stereocenters. The van der Waals surface area contributed by atoms with Gasteiger partial charge in [0.1, 0.15) is 6.04 Å². The predicted molar refractivity (Wildman–Crippen MR) is 199 cm³/mol. The summed E-state index contributed by atoms with van der Waals surface area (Å²) in [5, 5.41) is 34.8. The van der Waals surface area contributed by atoms with Crippen LogP contribution in [0.3, 0.4) is 0 Å². The van der Waals surface area contributed by atoms with Crippen molar-refractivity contribution in [2.45, 2.75) is 66.2 Å². The van der Waals surface area contributed by atoms with Gasteiger partial charge in [0, 0.05) is 0 Å². The molecule has 270 valence electrons. The highest BCUT2D eigenvalue weighted by atomic mass is 35.6. The smallest absolute Gasteiger partial charge is 0.338 e. The maximum absolute atomic E-state index is 13.3. The van der Waals surface area contributed by atoms with Crippen molar-refractivity contribution in [3.8, 4) is 0 Å². The largest absolute Gasteiger partial charge is 0.451 e. The Balaban J connectivity index is 1.44. The lowest BCUT2D eigenvalue weighted by Crippen LogP contribution is -2.78. The normalized spacial score (nSPS) is 24.1. The van der Waals surface area contributed by atoms with E-state index in [1.165, 1.54) is 4.90 Å². The Morgan fingerprint density at radius 1 is 1.00 bits per heavy atom. The third-order valence-electron chi connectivity index (χ3n) is 9.74. The van der Waals surface area contributed by atoms with Gasteiger partial charge in [-0.3, -0.25) is 10.1 Å². The maximum atomic E-state index is 13.3. The second kappa shape index (κ2) is 13.4. The van der Waals surface area contributed by atoms with Crippen LogP contribution in [0.5, 0.6) is 0 Å². The maximum Gasteiger partial charge on any atom is 0.338 e. The number of alkyl halides is 3.